The Bertz CT molecular complexity index is 847. The van der Waals surface area contributed by atoms with Crippen LogP contribution >= 0.6 is 11.8 Å². The topological polar surface area (TPSA) is 42.3 Å². The van der Waals surface area contributed by atoms with Gasteiger partial charge in [-0.25, -0.2) is 0 Å². The van der Waals surface area contributed by atoms with Crippen LogP contribution in [0.4, 0.5) is 4.79 Å². The monoisotopic (exact) mass is 340 g/mol. The molecule has 0 radical (unpaired) electrons. The van der Waals surface area contributed by atoms with E-state index in [9.17, 15) is 9.59 Å². The minimum absolute atomic E-state index is 0.227. The number of aromatic nitrogens is 1. The highest BCUT2D eigenvalue weighted by atomic mass is 32.2. The van der Waals surface area contributed by atoms with Crippen LogP contribution in [0.1, 0.15) is 29.4 Å². The van der Waals surface area contributed by atoms with Gasteiger partial charge in [-0.15, -0.1) is 0 Å². The Labute approximate surface area is 146 Å². The third-order valence-corrected chi connectivity index (χ3v) is 5.31. The average molecular weight is 340 g/mol. The second-order valence-corrected chi connectivity index (χ2v) is 6.92. The van der Waals surface area contributed by atoms with Gasteiger partial charge in [0.25, 0.3) is 11.1 Å². The molecular formula is C19H20N2O2S. The summed E-state index contributed by atoms with van der Waals surface area (Å²) in [5.41, 5.74) is 5.52. The van der Waals surface area contributed by atoms with Crippen molar-refractivity contribution in [3.8, 4) is 5.69 Å². The lowest BCUT2D eigenvalue weighted by Crippen LogP contribution is -2.22. The Hall–Kier alpha value is -2.27. The van der Waals surface area contributed by atoms with E-state index in [2.05, 4.69) is 35.8 Å². The van der Waals surface area contributed by atoms with E-state index < -0.39 is 0 Å². The molecule has 3 rings (SSSR count). The molecule has 1 aliphatic heterocycles. The molecule has 2 heterocycles. The first-order valence-corrected chi connectivity index (χ1v) is 8.73. The van der Waals surface area contributed by atoms with Crippen LogP contribution in [0.25, 0.3) is 11.8 Å². The first-order valence-electron chi connectivity index (χ1n) is 7.92. The Balaban J connectivity index is 2.01. The molecule has 0 saturated carbocycles. The van der Waals surface area contributed by atoms with Gasteiger partial charge in [0.1, 0.15) is 0 Å². The van der Waals surface area contributed by atoms with Crippen LogP contribution in [-0.2, 0) is 11.2 Å². The number of hydrogen-bond donors (Lipinski definition) is 0. The third kappa shape index (κ3) is 2.80. The number of imide groups is 1. The Kier molecular flexibility index (Phi) is 4.37. The number of rotatable bonds is 3. The molecule has 2 aromatic rings. The van der Waals surface area contributed by atoms with Crippen molar-refractivity contribution in [2.45, 2.75) is 27.2 Å². The number of nitrogens with zero attached hydrogens (tertiary/aromatic N) is 2. The summed E-state index contributed by atoms with van der Waals surface area (Å²) in [6.45, 7) is 6.21. The van der Waals surface area contributed by atoms with Gasteiger partial charge >= 0.3 is 0 Å². The molecule has 1 aliphatic rings. The smallest absolute Gasteiger partial charge is 0.293 e. The molecule has 0 bridgehead atoms. The second kappa shape index (κ2) is 6.32. The summed E-state index contributed by atoms with van der Waals surface area (Å²) < 4.78 is 2.17. The summed E-state index contributed by atoms with van der Waals surface area (Å²) in [5, 5.41) is -0.227. The fraction of sp³-hybridized carbons (Fsp3) is 0.263. The van der Waals surface area contributed by atoms with Crippen LogP contribution in [0, 0.1) is 13.8 Å². The highest BCUT2D eigenvalue weighted by Gasteiger charge is 2.32. The van der Waals surface area contributed by atoms with E-state index in [4.69, 9.17) is 0 Å². The zero-order valence-electron chi connectivity index (χ0n) is 14.3. The van der Waals surface area contributed by atoms with Crippen LogP contribution in [0.2, 0.25) is 0 Å². The molecule has 124 valence electrons. The number of aryl methyl sites for hydroxylation is 2. The van der Waals surface area contributed by atoms with Crippen LogP contribution < -0.4 is 0 Å². The van der Waals surface area contributed by atoms with Gasteiger partial charge in [-0.2, -0.15) is 0 Å². The van der Waals surface area contributed by atoms with E-state index >= 15 is 0 Å². The largest absolute Gasteiger partial charge is 0.318 e. The van der Waals surface area contributed by atoms with Crippen LogP contribution in [-0.4, -0.2) is 27.7 Å². The number of likely N-dealkylation sites (N-methyl/N-ethyl adjacent to an activating group) is 1. The van der Waals surface area contributed by atoms with Gasteiger partial charge in [-0.05, 0) is 67.4 Å². The molecule has 24 heavy (non-hydrogen) atoms. The lowest BCUT2D eigenvalue weighted by Gasteiger charge is -2.10. The molecule has 5 heteroatoms. The van der Waals surface area contributed by atoms with Gasteiger partial charge in [0.2, 0.25) is 0 Å². The maximum Gasteiger partial charge on any atom is 0.293 e. The second-order valence-electron chi connectivity index (χ2n) is 5.92. The minimum atomic E-state index is -0.234. The fourth-order valence-electron chi connectivity index (χ4n) is 2.90. The summed E-state index contributed by atoms with van der Waals surface area (Å²) in [4.78, 5) is 25.3. The first kappa shape index (κ1) is 16.6. The molecule has 0 aliphatic carbocycles. The number of hydrogen-bond acceptors (Lipinski definition) is 3. The summed E-state index contributed by atoms with van der Waals surface area (Å²) in [6, 6.07) is 10.5. The maximum absolute atomic E-state index is 12.1. The van der Waals surface area contributed by atoms with Gasteiger partial charge < -0.3 is 4.57 Å². The van der Waals surface area contributed by atoms with E-state index in [1.165, 1.54) is 12.6 Å². The maximum atomic E-state index is 12.1. The standard InChI is InChI=1S/C19H20N2O2S/c1-5-14-6-8-16(9-7-14)21-12(2)10-15(13(21)3)11-17-18(22)20(4)19(23)24-17/h6-11H,5H2,1-4H3/b17-11+. The first-order chi connectivity index (χ1) is 11.4. The highest BCUT2D eigenvalue weighted by molar-refractivity contribution is 8.18. The van der Waals surface area contributed by atoms with Crippen molar-refractivity contribution in [1.82, 2.24) is 9.47 Å². The third-order valence-electron chi connectivity index (χ3n) is 4.35. The van der Waals surface area contributed by atoms with Crippen molar-refractivity contribution in [3.63, 3.8) is 0 Å². The van der Waals surface area contributed by atoms with Crippen LogP contribution in [0.15, 0.2) is 35.2 Å². The van der Waals surface area contributed by atoms with Crippen molar-refractivity contribution in [1.29, 1.82) is 0 Å². The highest BCUT2D eigenvalue weighted by Crippen LogP contribution is 2.32. The van der Waals surface area contributed by atoms with Crippen molar-refractivity contribution in [2.24, 2.45) is 0 Å². The Morgan fingerprint density at radius 3 is 2.33 bits per heavy atom. The van der Waals surface area contributed by atoms with Crippen molar-refractivity contribution in [2.75, 3.05) is 7.05 Å². The molecule has 0 atom stereocenters. The predicted molar refractivity (Wildman–Crippen MR) is 98.4 cm³/mol. The van der Waals surface area contributed by atoms with E-state index in [-0.39, 0.29) is 11.1 Å². The van der Waals surface area contributed by atoms with E-state index in [0.717, 1.165) is 45.7 Å². The van der Waals surface area contributed by atoms with Crippen molar-refractivity contribution in [3.05, 3.63) is 57.8 Å². The zero-order valence-corrected chi connectivity index (χ0v) is 15.1. The molecule has 1 aromatic carbocycles. The van der Waals surface area contributed by atoms with Crippen molar-refractivity contribution >= 4 is 29.0 Å². The SMILES string of the molecule is CCc1ccc(-n2c(C)cc(/C=C3/SC(=O)N(C)C3=O)c2C)cc1. The summed E-state index contributed by atoms with van der Waals surface area (Å²) in [6.07, 6.45) is 2.83. The van der Waals surface area contributed by atoms with Gasteiger partial charge in [0.05, 0.1) is 4.91 Å². The predicted octanol–water partition coefficient (Wildman–Crippen LogP) is 4.32. The fourth-order valence-corrected chi connectivity index (χ4v) is 3.72. The lowest BCUT2D eigenvalue weighted by atomic mass is 10.1. The molecular weight excluding hydrogens is 320 g/mol. The number of carbonyl (C=O) groups excluding carboxylic acids is 2. The molecule has 2 amide bonds. The van der Waals surface area contributed by atoms with Crippen molar-refractivity contribution < 1.29 is 9.59 Å². The molecule has 0 unspecified atom stereocenters. The van der Waals surface area contributed by atoms with Gasteiger partial charge in [0, 0.05) is 24.1 Å². The number of carbonyl (C=O) groups is 2. The van der Waals surface area contributed by atoms with E-state index in [1.807, 2.05) is 26.0 Å². The number of amides is 2. The molecule has 1 saturated heterocycles. The molecule has 1 aromatic heterocycles. The summed E-state index contributed by atoms with van der Waals surface area (Å²) in [7, 11) is 1.51. The Morgan fingerprint density at radius 2 is 1.79 bits per heavy atom. The van der Waals surface area contributed by atoms with Crippen LogP contribution in [0.3, 0.4) is 0 Å². The number of benzene rings is 1. The van der Waals surface area contributed by atoms with Crippen LogP contribution in [0.5, 0.6) is 0 Å². The lowest BCUT2D eigenvalue weighted by molar-refractivity contribution is -0.121. The quantitative estimate of drug-likeness (QED) is 0.781. The Morgan fingerprint density at radius 1 is 1.12 bits per heavy atom. The summed E-state index contributed by atoms with van der Waals surface area (Å²) in [5.74, 6) is -0.234. The van der Waals surface area contributed by atoms with Gasteiger partial charge in [0.15, 0.2) is 0 Å². The average Bonchev–Trinajstić information content (AvgIpc) is 2.98. The van der Waals surface area contributed by atoms with Gasteiger partial charge in [-0.1, -0.05) is 19.1 Å². The summed E-state index contributed by atoms with van der Waals surface area (Å²) >= 11 is 0.990. The van der Waals surface area contributed by atoms with E-state index in [1.54, 1.807) is 0 Å². The molecule has 1 fully saturated rings. The van der Waals surface area contributed by atoms with E-state index in [0.29, 0.717) is 4.91 Å². The normalized spacial score (nSPS) is 16.5. The molecule has 4 nitrogen and oxygen atoms in total. The number of thioether (sulfide) groups is 1. The molecule has 0 spiro atoms. The van der Waals surface area contributed by atoms with Gasteiger partial charge in [-0.3, -0.25) is 14.5 Å². The molecule has 0 N–H and O–H groups in total. The minimum Gasteiger partial charge on any atom is -0.318 e. The zero-order chi connectivity index (χ0) is 17.4.